The van der Waals surface area contributed by atoms with Crippen LogP contribution in [0.1, 0.15) is 29.3 Å². The number of hydrogen-bond acceptors (Lipinski definition) is 3. The van der Waals surface area contributed by atoms with Crippen molar-refractivity contribution in [2.75, 3.05) is 6.54 Å². The van der Waals surface area contributed by atoms with E-state index < -0.39 is 0 Å². The molecule has 0 bridgehead atoms. The van der Waals surface area contributed by atoms with Crippen molar-refractivity contribution in [3.63, 3.8) is 0 Å². The molecule has 0 N–H and O–H groups in total. The van der Waals surface area contributed by atoms with Crippen LogP contribution in [0.25, 0.3) is 5.65 Å². The smallest absolute Gasteiger partial charge is 0.155 e. The van der Waals surface area contributed by atoms with Crippen molar-refractivity contribution in [3.8, 4) is 12.3 Å². The molecule has 0 amide bonds. The lowest BCUT2D eigenvalue weighted by Gasteiger charge is -2.27. The molecule has 2 heterocycles. The predicted molar refractivity (Wildman–Crippen MR) is 89.7 cm³/mol. The molecule has 4 rings (SSSR count). The third-order valence-electron chi connectivity index (χ3n) is 4.60. The fourth-order valence-corrected chi connectivity index (χ4v) is 3.53. The molecule has 114 valence electrons. The van der Waals surface area contributed by atoms with Gasteiger partial charge in [0.25, 0.3) is 0 Å². The van der Waals surface area contributed by atoms with Gasteiger partial charge in [0.1, 0.15) is 0 Å². The lowest BCUT2D eigenvalue weighted by Crippen LogP contribution is -2.28. The molecule has 0 aliphatic heterocycles. The number of fused-ring (bicyclic) bond motifs is 2. The van der Waals surface area contributed by atoms with E-state index in [-0.39, 0.29) is 0 Å². The molecule has 0 saturated carbocycles. The molecular formula is C19H18N4. The van der Waals surface area contributed by atoms with Crippen LogP contribution in [0.3, 0.4) is 0 Å². The summed E-state index contributed by atoms with van der Waals surface area (Å²) in [5.74, 6) is 2.82. The molecule has 0 radical (unpaired) electrons. The summed E-state index contributed by atoms with van der Waals surface area (Å²) in [7, 11) is 0. The summed E-state index contributed by atoms with van der Waals surface area (Å²) in [6.45, 7) is 1.42. The maximum atomic E-state index is 5.63. The van der Waals surface area contributed by atoms with E-state index in [2.05, 4.69) is 49.5 Å². The van der Waals surface area contributed by atoms with Gasteiger partial charge in [-0.25, -0.2) is 4.98 Å². The minimum atomic E-state index is 0.384. The average Bonchev–Trinajstić information content (AvgIpc) is 3.19. The van der Waals surface area contributed by atoms with E-state index in [0.29, 0.717) is 12.6 Å². The maximum absolute atomic E-state index is 5.63. The number of hydrogen-bond donors (Lipinski definition) is 0. The normalized spacial score (nSPS) is 16.6. The Hall–Kier alpha value is -2.64. The fraction of sp³-hybridized carbons (Fsp3) is 0.263. The molecule has 1 unspecified atom stereocenters. The van der Waals surface area contributed by atoms with Gasteiger partial charge in [-0.15, -0.1) is 6.42 Å². The van der Waals surface area contributed by atoms with E-state index in [4.69, 9.17) is 6.42 Å². The van der Waals surface area contributed by atoms with Crippen molar-refractivity contribution >= 4 is 5.65 Å². The second kappa shape index (κ2) is 5.86. The summed E-state index contributed by atoms with van der Waals surface area (Å²) >= 11 is 0. The first-order valence-electron chi connectivity index (χ1n) is 7.88. The first-order chi connectivity index (χ1) is 11.4. The summed E-state index contributed by atoms with van der Waals surface area (Å²) in [6, 6.07) is 9.07. The molecule has 4 heteroatoms. The summed E-state index contributed by atoms with van der Waals surface area (Å²) in [5, 5.41) is 0. The van der Waals surface area contributed by atoms with E-state index in [1.807, 2.05) is 12.4 Å². The van der Waals surface area contributed by atoms with Crippen LogP contribution in [0.2, 0.25) is 0 Å². The molecule has 1 aromatic carbocycles. The van der Waals surface area contributed by atoms with Crippen molar-refractivity contribution < 1.29 is 0 Å². The van der Waals surface area contributed by atoms with Gasteiger partial charge in [0.15, 0.2) is 5.65 Å². The van der Waals surface area contributed by atoms with E-state index >= 15 is 0 Å². The highest BCUT2D eigenvalue weighted by atomic mass is 15.2. The number of terminal acetylenes is 1. The van der Waals surface area contributed by atoms with Crippen LogP contribution in [0.5, 0.6) is 0 Å². The van der Waals surface area contributed by atoms with Gasteiger partial charge in [0, 0.05) is 25.0 Å². The molecule has 0 saturated heterocycles. The van der Waals surface area contributed by atoms with E-state index in [0.717, 1.165) is 30.7 Å². The number of imidazole rings is 1. The summed E-state index contributed by atoms with van der Waals surface area (Å²) < 4.78 is 2.08. The number of aryl methyl sites for hydroxylation is 1. The highest BCUT2D eigenvalue weighted by molar-refractivity contribution is 5.37. The Morgan fingerprint density at radius 3 is 3.13 bits per heavy atom. The van der Waals surface area contributed by atoms with Crippen LogP contribution < -0.4 is 0 Å². The van der Waals surface area contributed by atoms with Crippen LogP contribution in [0.15, 0.2) is 49.1 Å². The Kier molecular flexibility index (Phi) is 3.57. The van der Waals surface area contributed by atoms with Gasteiger partial charge in [-0.3, -0.25) is 14.3 Å². The van der Waals surface area contributed by atoms with Gasteiger partial charge in [0.2, 0.25) is 0 Å². The zero-order chi connectivity index (χ0) is 15.6. The first-order valence-corrected chi connectivity index (χ1v) is 7.88. The van der Waals surface area contributed by atoms with Gasteiger partial charge in [-0.2, -0.15) is 0 Å². The second-order valence-corrected chi connectivity index (χ2v) is 5.92. The Bertz CT molecular complexity index is 874. The number of benzene rings is 1. The average molecular weight is 302 g/mol. The van der Waals surface area contributed by atoms with Gasteiger partial charge < -0.3 is 0 Å². The molecule has 1 atom stereocenters. The van der Waals surface area contributed by atoms with E-state index in [9.17, 15) is 0 Å². The molecule has 23 heavy (non-hydrogen) atoms. The minimum Gasteiger partial charge on any atom is -0.300 e. The third-order valence-corrected chi connectivity index (χ3v) is 4.60. The van der Waals surface area contributed by atoms with Gasteiger partial charge in [-0.05, 0) is 24.0 Å². The standard InChI is InChI=1S/C19H18N4/c1-2-10-22(18-8-7-15-5-3-4-6-17(15)18)14-16-12-21-19-13-20-9-11-23(16)19/h1,3-6,9,11-13,18H,7-8,10,14H2. The Labute approximate surface area is 135 Å². The number of rotatable bonds is 4. The van der Waals surface area contributed by atoms with Crippen molar-refractivity contribution in [2.45, 2.75) is 25.4 Å². The van der Waals surface area contributed by atoms with Gasteiger partial charge in [0.05, 0.1) is 24.6 Å². The molecule has 1 aliphatic carbocycles. The monoisotopic (exact) mass is 302 g/mol. The van der Waals surface area contributed by atoms with Crippen LogP contribution in [-0.2, 0) is 13.0 Å². The van der Waals surface area contributed by atoms with Crippen LogP contribution in [0.4, 0.5) is 0 Å². The SMILES string of the molecule is C#CCN(Cc1cnc2cnccn12)C1CCc2ccccc21. The Morgan fingerprint density at radius 1 is 1.30 bits per heavy atom. The highest BCUT2D eigenvalue weighted by Crippen LogP contribution is 2.36. The maximum Gasteiger partial charge on any atom is 0.155 e. The lowest BCUT2D eigenvalue weighted by atomic mass is 10.1. The van der Waals surface area contributed by atoms with Gasteiger partial charge in [-0.1, -0.05) is 30.2 Å². The van der Waals surface area contributed by atoms with Crippen molar-refractivity contribution in [1.82, 2.24) is 19.3 Å². The Morgan fingerprint density at radius 2 is 2.22 bits per heavy atom. The zero-order valence-electron chi connectivity index (χ0n) is 12.9. The molecule has 1 aliphatic rings. The molecular weight excluding hydrogens is 284 g/mol. The number of nitrogens with zero attached hydrogens (tertiary/aromatic N) is 4. The van der Waals surface area contributed by atoms with Crippen molar-refractivity contribution in [3.05, 3.63) is 65.9 Å². The summed E-state index contributed by atoms with van der Waals surface area (Å²) in [6.07, 6.45) is 15.3. The second-order valence-electron chi connectivity index (χ2n) is 5.92. The van der Waals surface area contributed by atoms with Crippen molar-refractivity contribution in [2.24, 2.45) is 0 Å². The van der Waals surface area contributed by atoms with Gasteiger partial charge >= 0.3 is 0 Å². The summed E-state index contributed by atoms with van der Waals surface area (Å²) in [5.41, 5.74) is 4.87. The van der Waals surface area contributed by atoms with Crippen molar-refractivity contribution in [1.29, 1.82) is 0 Å². The predicted octanol–water partition coefficient (Wildman–Crippen LogP) is 2.85. The quantitative estimate of drug-likeness (QED) is 0.695. The molecule has 2 aromatic heterocycles. The molecule has 3 aromatic rings. The molecule has 0 spiro atoms. The first kappa shape index (κ1) is 14.0. The largest absolute Gasteiger partial charge is 0.300 e. The van der Waals surface area contributed by atoms with Crippen LogP contribution in [0, 0.1) is 12.3 Å². The minimum absolute atomic E-state index is 0.384. The van der Waals surface area contributed by atoms with E-state index in [1.165, 1.54) is 11.1 Å². The topological polar surface area (TPSA) is 33.4 Å². The van der Waals surface area contributed by atoms with Crippen LogP contribution >= 0.6 is 0 Å². The third kappa shape index (κ3) is 2.49. The fourth-order valence-electron chi connectivity index (χ4n) is 3.53. The summed E-state index contributed by atoms with van der Waals surface area (Å²) in [4.78, 5) is 10.9. The van der Waals surface area contributed by atoms with E-state index in [1.54, 1.807) is 12.4 Å². The Balaban J connectivity index is 1.66. The lowest BCUT2D eigenvalue weighted by molar-refractivity contribution is 0.210. The molecule has 4 nitrogen and oxygen atoms in total. The molecule has 0 fully saturated rings. The van der Waals surface area contributed by atoms with Crippen LogP contribution in [-0.4, -0.2) is 25.8 Å². The zero-order valence-corrected chi connectivity index (χ0v) is 12.9. The highest BCUT2D eigenvalue weighted by Gasteiger charge is 2.27. The number of aromatic nitrogens is 3.